The maximum absolute atomic E-state index is 3.72. The first-order valence-corrected chi connectivity index (χ1v) is 11.0. The van der Waals surface area contributed by atoms with Gasteiger partial charge in [-0.25, -0.2) is 0 Å². The van der Waals surface area contributed by atoms with Crippen molar-refractivity contribution in [2.45, 2.75) is 23.7 Å². The van der Waals surface area contributed by atoms with Gasteiger partial charge in [-0.3, -0.25) is 0 Å². The second-order valence-corrected chi connectivity index (χ2v) is 8.08. The molecule has 4 rings (SSSR count). The molecule has 0 aromatic heterocycles. The van der Waals surface area contributed by atoms with Crippen molar-refractivity contribution in [2.24, 2.45) is 0 Å². The van der Waals surface area contributed by atoms with Gasteiger partial charge in [0.15, 0.2) is 0 Å². The second-order valence-electron chi connectivity index (χ2n) is 7.43. The number of halogens is 1. The van der Waals surface area contributed by atoms with E-state index in [0.717, 1.165) is 18.2 Å². The summed E-state index contributed by atoms with van der Waals surface area (Å²) < 4.78 is 0. The number of hydrogen-bond acceptors (Lipinski definition) is 0. The summed E-state index contributed by atoms with van der Waals surface area (Å²) in [5, 5.41) is 0.834. The highest BCUT2D eigenvalue weighted by Crippen LogP contribution is 2.51. The maximum Gasteiger partial charge on any atom is 0.0391 e. The van der Waals surface area contributed by atoms with Crippen molar-refractivity contribution in [3.63, 3.8) is 0 Å². The largest absolute Gasteiger partial charge is 0.0883 e. The van der Waals surface area contributed by atoms with Gasteiger partial charge in [0.05, 0.1) is 0 Å². The molecule has 0 saturated heterocycles. The van der Waals surface area contributed by atoms with Gasteiger partial charge in [-0.2, -0.15) is 0 Å². The second kappa shape index (κ2) is 8.32. The standard InChI is InChI=1S/C27H25Br/c28-22-17-25(26(18-9-3-10-19-26)23-13-5-1-6-14-23)27(20-11-4-12-21-27)24-15-7-2-8-16-24/h1-18,20H,19,21-22H2. The summed E-state index contributed by atoms with van der Waals surface area (Å²) >= 11 is 3.72. The molecular formula is C27H25Br. The van der Waals surface area contributed by atoms with Crippen LogP contribution in [0.2, 0.25) is 0 Å². The fraction of sp³-hybridized carbons (Fsp3) is 0.185. The summed E-state index contributed by atoms with van der Waals surface area (Å²) in [6, 6.07) is 21.9. The summed E-state index contributed by atoms with van der Waals surface area (Å²) in [6.45, 7) is 0. The Hall–Kier alpha value is -2.38. The van der Waals surface area contributed by atoms with Crippen LogP contribution in [0.15, 0.2) is 121 Å². The molecule has 0 nitrogen and oxygen atoms in total. The zero-order valence-corrected chi connectivity index (χ0v) is 17.6. The van der Waals surface area contributed by atoms with Crippen LogP contribution in [0, 0.1) is 0 Å². The van der Waals surface area contributed by atoms with E-state index in [1.807, 2.05) is 0 Å². The maximum atomic E-state index is 3.72. The van der Waals surface area contributed by atoms with Gasteiger partial charge in [0.2, 0.25) is 0 Å². The molecule has 0 saturated carbocycles. The van der Waals surface area contributed by atoms with Gasteiger partial charge in [-0.05, 0) is 29.5 Å². The molecule has 0 heterocycles. The first-order valence-electron chi connectivity index (χ1n) is 9.89. The van der Waals surface area contributed by atoms with Crippen LogP contribution >= 0.6 is 15.9 Å². The van der Waals surface area contributed by atoms with Crippen molar-refractivity contribution in [1.82, 2.24) is 0 Å². The Morgan fingerprint density at radius 3 is 1.54 bits per heavy atom. The molecule has 0 aliphatic heterocycles. The molecule has 2 aromatic rings. The Balaban J connectivity index is 1.97. The molecule has 0 amide bonds. The SMILES string of the molecule is BrCC=C(C1(c2ccccc2)C=CC=CC1)C1(c2ccccc2)C=CC=CC1. The highest BCUT2D eigenvalue weighted by molar-refractivity contribution is 9.09. The highest BCUT2D eigenvalue weighted by atomic mass is 79.9. The van der Waals surface area contributed by atoms with Crippen molar-refractivity contribution in [1.29, 1.82) is 0 Å². The van der Waals surface area contributed by atoms with Gasteiger partial charge in [-0.15, -0.1) is 0 Å². The van der Waals surface area contributed by atoms with Gasteiger partial charge >= 0.3 is 0 Å². The summed E-state index contributed by atoms with van der Waals surface area (Å²) in [5.74, 6) is 0. The van der Waals surface area contributed by atoms with E-state index in [1.165, 1.54) is 16.7 Å². The van der Waals surface area contributed by atoms with Crippen LogP contribution in [0.25, 0.3) is 0 Å². The van der Waals surface area contributed by atoms with E-state index in [9.17, 15) is 0 Å². The van der Waals surface area contributed by atoms with Crippen LogP contribution in [0.3, 0.4) is 0 Å². The topological polar surface area (TPSA) is 0 Å². The van der Waals surface area contributed by atoms with E-state index in [0.29, 0.717) is 0 Å². The monoisotopic (exact) mass is 428 g/mol. The summed E-state index contributed by atoms with van der Waals surface area (Å²) in [6.07, 6.45) is 22.5. The van der Waals surface area contributed by atoms with Gasteiger partial charge < -0.3 is 0 Å². The highest BCUT2D eigenvalue weighted by Gasteiger charge is 2.45. The first-order chi connectivity index (χ1) is 13.8. The third-order valence-electron chi connectivity index (χ3n) is 5.96. The van der Waals surface area contributed by atoms with E-state index in [4.69, 9.17) is 0 Å². The molecule has 0 bridgehead atoms. The lowest BCUT2D eigenvalue weighted by atomic mass is 9.57. The molecule has 0 N–H and O–H groups in total. The zero-order chi connectivity index (χ0) is 19.3. The van der Waals surface area contributed by atoms with Crippen molar-refractivity contribution in [3.8, 4) is 0 Å². The van der Waals surface area contributed by atoms with Crippen LogP contribution in [-0.2, 0) is 10.8 Å². The summed E-state index contributed by atoms with van der Waals surface area (Å²) in [5.41, 5.74) is 3.82. The molecule has 2 aromatic carbocycles. The predicted molar refractivity (Wildman–Crippen MR) is 124 cm³/mol. The molecule has 0 fully saturated rings. The summed E-state index contributed by atoms with van der Waals surface area (Å²) in [4.78, 5) is 0. The molecule has 2 atom stereocenters. The number of allylic oxidation sites excluding steroid dienone is 10. The molecule has 1 heteroatoms. The Morgan fingerprint density at radius 1 is 0.714 bits per heavy atom. The Morgan fingerprint density at radius 2 is 1.18 bits per heavy atom. The average molecular weight is 429 g/mol. The molecule has 0 spiro atoms. The third-order valence-corrected chi connectivity index (χ3v) is 6.28. The van der Waals surface area contributed by atoms with E-state index in [2.05, 4.69) is 131 Å². The molecule has 2 aliphatic rings. The van der Waals surface area contributed by atoms with Crippen LogP contribution < -0.4 is 0 Å². The number of hydrogen-bond donors (Lipinski definition) is 0. The normalized spacial score (nSPS) is 25.6. The minimum atomic E-state index is -0.158. The Bertz CT molecular complexity index is 871. The van der Waals surface area contributed by atoms with Gasteiger partial charge in [0.1, 0.15) is 0 Å². The molecule has 28 heavy (non-hydrogen) atoms. The fourth-order valence-corrected chi connectivity index (χ4v) is 5.01. The van der Waals surface area contributed by atoms with Crippen molar-refractivity contribution >= 4 is 15.9 Å². The van der Waals surface area contributed by atoms with Crippen LogP contribution in [-0.4, -0.2) is 5.33 Å². The smallest absolute Gasteiger partial charge is 0.0391 e. The number of benzene rings is 2. The van der Waals surface area contributed by atoms with E-state index >= 15 is 0 Å². The fourth-order valence-electron chi connectivity index (χ4n) is 4.69. The minimum Gasteiger partial charge on any atom is -0.0883 e. The lowest BCUT2D eigenvalue weighted by molar-refractivity contribution is 0.499. The average Bonchev–Trinajstić information content (AvgIpc) is 2.79. The number of rotatable bonds is 5. The lowest BCUT2D eigenvalue weighted by Crippen LogP contribution is -2.40. The van der Waals surface area contributed by atoms with E-state index in [1.54, 1.807) is 0 Å². The van der Waals surface area contributed by atoms with Crippen molar-refractivity contribution < 1.29 is 0 Å². The summed E-state index contributed by atoms with van der Waals surface area (Å²) in [7, 11) is 0. The third kappa shape index (κ3) is 3.29. The molecular weight excluding hydrogens is 404 g/mol. The van der Waals surface area contributed by atoms with E-state index in [-0.39, 0.29) is 10.8 Å². The van der Waals surface area contributed by atoms with Gasteiger partial charge in [0.25, 0.3) is 0 Å². The molecule has 0 radical (unpaired) electrons. The van der Waals surface area contributed by atoms with Crippen LogP contribution in [0.5, 0.6) is 0 Å². The number of alkyl halides is 1. The Labute approximate surface area is 176 Å². The van der Waals surface area contributed by atoms with Gasteiger partial charge in [0, 0.05) is 16.2 Å². The van der Waals surface area contributed by atoms with Crippen molar-refractivity contribution in [3.05, 3.63) is 132 Å². The molecule has 2 unspecified atom stereocenters. The van der Waals surface area contributed by atoms with Crippen molar-refractivity contribution in [2.75, 3.05) is 5.33 Å². The Kier molecular flexibility index (Phi) is 5.64. The predicted octanol–water partition coefficient (Wildman–Crippen LogP) is 7.22. The van der Waals surface area contributed by atoms with Gasteiger partial charge in [-0.1, -0.05) is 131 Å². The van der Waals surface area contributed by atoms with E-state index < -0.39 is 0 Å². The minimum absolute atomic E-state index is 0.158. The first kappa shape index (κ1) is 19.0. The molecule has 140 valence electrons. The van der Waals surface area contributed by atoms with Crippen LogP contribution in [0.4, 0.5) is 0 Å². The van der Waals surface area contributed by atoms with Crippen LogP contribution in [0.1, 0.15) is 24.0 Å². The zero-order valence-electron chi connectivity index (χ0n) is 16.0. The molecule has 2 aliphatic carbocycles. The quantitative estimate of drug-likeness (QED) is 0.348. The lowest BCUT2D eigenvalue weighted by Gasteiger charge is -2.46.